The van der Waals surface area contributed by atoms with Crippen LogP contribution in [0.4, 0.5) is 0 Å². The second kappa shape index (κ2) is 3.00. The van der Waals surface area contributed by atoms with E-state index in [0.717, 1.165) is 6.54 Å². The predicted molar refractivity (Wildman–Crippen MR) is 53.2 cm³/mol. The molecule has 2 nitrogen and oxygen atoms in total. The molecule has 0 radical (unpaired) electrons. The zero-order valence-electron chi connectivity index (χ0n) is 8.85. The van der Waals surface area contributed by atoms with E-state index >= 15 is 0 Å². The van der Waals surface area contributed by atoms with Crippen LogP contribution in [0, 0.1) is 0 Å². The summed E-state index contributed by atoms with van der Waals surface area (Å²) in [5.41, 5.74) is 6.44. The highest BCUT2D eigenvalue weighted by Crippen LogP contribution is 2.24. The first-order valence-corrected chi connectivity index (χ1v) is 4.85. The summed E-state index contributed by atoms with van der Waals surface area (Å²) in [6.07, 6.45) is 2.41. The van der Waals surface area contributed by atoms with Crippen molar-refractivity contribution in [2.24, 2.45) is 5.73 Å². The van der Waals surface area contributed by atoms with E-state index in [9.17, 15) is 0 Å². The Bertz CT molecular complexity index is 152. The minimum Gasteiger partial charge on any atom is -0.324 e. The van der Waals surface area contributed by atoms with Gasteiger partial charge in [-0.1, -0.05) is 0 Å². The summed E-state index contributed by atoms with van der Waals surface area (Å²) in [7, 11) is 0. The lowest BCUT2D eigenvalue weighted by Gasteiger charge is -2.44. The van der Waals surface area contributed by atoms with Gasteiger partial charge in [0, 0.05) is 17.6 Å². The van der Waals surface area contributed by atoms with Gasteiger partial charge in [0.25, 0.3) is 0 Å². The lowest BCUT2D eigenvalue weighted by Crippen LogP contribution is -2.57. The first kappa shape index (κ1) is 10.0. The van der Waals surface area contributed by atoms with Crippen molar-refractivity contribution in [3.63, 3.8) is 0 Å². The average Bonchev–Trinajstić information content (AvgIpc) is 1.83. The van der Waals surface area contributed by atoms with E-state index in [1.54, 1.807) is 0 Å². The van der Waals surface area contributed by atoms with Gasteiger partial charge in [0.2, 0.25) is 0 Å². The number of rotatable bonds is 0. The van der Waals surface area contributed by atoms with Crippen molar-refractivity contribution < 1.29 is 0 Å². The number of nitrogens with two attached hydrogens (primary N) is 1. The summed E-state index contributed by atoms with van der Waals surface area (Å²) < 4.78 is 0. The molecule has 0 aromatic carbocycles. The molecule has 1 aliphatic rings. The first-order valence-electron chi connectivity index (χ1n) is 4.85. The van der Waals surface area contributed by atoms with E-state index in [2.05, 4.69) is 32.6 Å². The quantitative estimate of drug-likeness (QED) is 0.598. The number of hydrogen-bond donors (Lipinski definition) is 1. The summed E-state index contributed by atoms with van der Waals surface area (Å²) in [6.45, 7) is 11.2. The molecule has 0 saturated carbocycles. The zero-order chi connectivity index (χ0) is 9.41. The maximum Gasteiger partial charge on any atom is 0.0255 e. The molecule has 12 heavy (non-hydrogen) atoms. The van der Waals surface area contributed by atoms with E-state index in [0.29, 0.717) is 0 Å². The Morgan fingerprint density at radius 3 is 2.25 bits per heavy atom. The zero-order valence-corrected chi connectivity index (χ0v) is 8.85. The molecule has 0 aromatic heterocycles. The number of piperidine rings is 1. The monoisotopic (exact) mass is 170 g/mol. The number of nitrogens with zero attached hydrogens (tertiary/aromatic N) is 1. The lowest BCUT2D eigenvalue weighted by atomic mass is 9.89. The molecule has 0 amide bonds. The van der Waals surface area contributed by atoms with Gasteiger partial charge in [-0.2, -0.15) is 0 Å². The topological polar surface area (TPSA) is 29.3 Å². The predicted octanol–water partition coefficient (Wildman–Crippen LogP) is 1.60. The van der Waals surface area contributed by atoms with Gasteiger partial charge < -0.3 is 5.73 Å². The van der Waals surface area contributed by atoms with E-state index in [1.165, 1.54) is 19.4 Å². The van der Waals surface area contributed by atoms with Crippen LogP contribution in [0.25, 0.3) is 0 Å². The Morgan fingerprint density at radius 1 is 1.33 bits per heavy atom. The normalized spacial score (nSPS) is 33.8. The van der Waals surface area contributed by atoms with Crippen molar-refractivity contribution in [2.45, 2.75) is 51.6 Å². The van der Waals surface area contributed by atoms with Crippen molar-refractivity contribution in [1.29, 1.82) is 0 Å². The molecule has 2 N–H and O–H groups in total. The number of likely N-dealkylation sites (tertiary alicyclic amines) is 1. The first-order chi connectivity index (χ1) is 5.31. The van der Waals surface area contributed by atoms with Crippen molar-refractivity contribution in [3.8, 4) is 0 Å². The minimum atomic E-state index is 0.0333. The van der Waals surface area contributed by atoms with Crippen LogP contribution in [0.5, 0.6) is 0 Å². The molecule has 1 aliphatic heterocycles. The third-order valence-corrected chi connectivity index (χ3v) is 2.68. The molecule has 0 spiro atoms. The van der Waals surface area contributed by atoms with Gasteiger partial charge in [-0.25, -0.2) is 0 Å². The molecule has 1 saturated heterocycles. The summed E-state index contributed by atoms with van der Waals surface area (Å²) in [5.74, 6) is 0. The van der Waals surface area contributed by atoms with Crippen molar-refractivity contribution in [3.05, 3.63) is 0 Å². The van der Waals surface area contributed by atoms with Crippen LogP contribution in [0.3, 0.4) is 0 Å². The highest BCUT2D eigenvalue weighted by Gasteiger charge is 2.32. The largest absolute Gasteiger partial charge is 0.324 e. The highest BCUT2D eigenvalue weighted by atomic mass is 15.2. The van der Waals surface area contributed by atoms with Crippen molar-refractivity contribution >= 4 is 0 Å². The standard InChI is InChI=1S/C10H22N2/c1-9(2,3)12-7-5-6-10(4,11)8-12/h5-8,11H2,1-4H3/t10-/m0/s1. The molecule has 1 heterocycles. The molecular formula is C10H22N2. The van der Waals surface area contributed by atoms with Crippen molar-refractivity contribution in [1.82, 2.24) is 4.90 Å². The van der Waals surface area contributed by atoms with Gasteiger partial charge in [-0.3, -0.25) is 4.90 Å². The van der Waals surface area contributed by atoms with E-state index in [-0.39, 0.29) is 11.1 Å². The van der Waals surface area contributed by atoms with Crippen LogP contribution in [0.2, 0.25) is 0 Å². The minimum absolute atomic E-state index is 0.0333. The van der Waals surface area contributed by atoms with Gasteiger partial charge in [-0.05, 0) is 47.1 Å². The Labute approximate surface area is 76.1 Å². The Hall–Kier alpha value is -0.0800. The molecule has 0 bridgehead atoms. The summed E-state index contributed by atoms with van der Waals surface area (Å²) in [5, 5.41) is 0. The molecular weight excluding hydrogens is 148 g/mol. The Kier molecular flexibility index (Phi) is 2.50. The van der Waals surface area contributed by atoms with E-state index < -0.39 is 0 Å². The smallest absolute Gasteiger partial charge is 0.0255 e. The van der Waals surface area contributed by atoms with Gasteiger partial charge in [0.05, 0.1) is 0 Å². The molecule has 0 unspecified atom stereocenters. The van der Waals surface area contributed by atoms with Crippen LogP contribution in [-0.2, 0) is 0 Å². The molecule has 72 valence electrons. The van der Waals surface area contributed by atoms with E-state index in [1.807, 2.05) is 0 Å². The molecule has 1 fully saturated rings. The van der Waals surface area contributed by atoms with Crippen LogP contribution >= 0.6 is 0 Å². The third-order valence-electron chi connectivity index (χ3n) is 2.68. The molecule has 0 aromatic rings. The molecule has 2 heteroatoms. The van der Waals surface area contributed by atoms with Gasteiger partial charge in [-0.15, -0.1) is 0 Å². The maximum absolute atomic E-state index is 6.12. The van der Waals surface area contributed by atoms with Crippen LogP contribution in [0.15, 0.2) is 0 Å². The summed E-state index contributed by atoms with van der Waals surface area (Å²) in [4.78, 5) is 2.48. The fourth-order valence-electron chi connectivity index (χ4n) is 1.84. The molecule has 1 rings (SSSR count). The van der Waals surface area contributed by atoms with Gasteiger partial charge in [0.1, 0.15) is 0 Å². The maximum atomic E-state index is 6.12. The fourth-order valence-corrected chi connectivity index (χ4v) is 1.84. The van der Waals surface area contributed by atoms with Crippen LogP contribution in [-0.4, -0.2) is 29.1 Å². The number of hydrogen-bond acceptors (Lipinski definition) is 2. The summed E-state index contributed by atoms with van der Waals surface area (Å²) >= 11 is 0. The second-order valence-electron chi connectivity index (χ2n) is 5.35. The Balaban J connectivity index is 2.58. The summed E-state index contributed by atoms with van der Waals surface area (Å²) in [6, 6.07) is 0. The second-order valence-corrected chi connectivity index (χ2v) is 5.35. The van der Waals surface area contributed by atoms with Crippen LogP contribution in [0.1, 0.15) is 40.5 Å². The van der Waals surface area contributed by atoms with E-state index in [4.69, 9.17) is 5.73 Å². The molecule has 0 aliphatic carbocycles. The van der Waals surface area contributed by atoms with Crippen molar-refractivity contribution in [2.75, 3.05) is 13.1 Å². The highest BCUT2D eigenvalue weighted by molar-refractivity contribution is 4.91. The SMILES string of the molecule is CC(C)(C)N1CCC[C@](C)(N)C1. The fraction of sp³-hybridized carbons (Fsp3) is 1.00. The van der Waals surface area contributed by atoms with Gasteiger partial charge >= 0.3 is 0 Å². The van der Waals surface area contributed by atoms with Crippen LogP contribution < -0.4 is 5.73 Å². The average molecular weight is 170 g/mol. The third kappa shape index (κ3) is 2.46. The lowest BCUT2D eigenvalue weighted by molar-refractivity contribution is 0.0714. The Morgan fingerprint density at radius 2 is 1.92 bits per heavy atom. The molecule has 1 atom stereocenters. The van der Waals surface area contributed by atoms with Gasteiger partial charge in [0.15, 0.2) is 0 Å².